The van der Waals surface area contributed by atoms with Crippen LogP contribution in [-0.4, -0.2) is 30.0 Å². The molecule has 0 bridgehead atoms. The van der Waals surface area contributed by atoms with Crippen molar-refractivity contribution in [3.05, 3.63) is 59.8 Å². The highest BCUT2D eigenvalue weighted by atomic mass is 16.5. The normalized spacial score (nSPS) is 21.6. The summed E-state index contributed by atoms with van der Waals surface area (Å²) in [5.74, 6) is 0.929. The Balaban J connectivity index is 1.81. The van der Waals surface area contributed by atoms with Crippen molar-refractivity contribution in [3.63, 3.8) is 0 Å². The van der Waals surface area contributed by atoms with E-state index in [2.05, 4.69) is 28.9 Å². The van der Waals surface area contributed by atoms with E-state index in [4.69, 9.17) is 4.74 Å². The van der Waals surface area contributed by atoms with E-state index in [1.807, 2.05) is 30.3 Å². The second-order valence-electron chi connectivity index (χ2n) is 5.70. The monoisotopic (exact) mass is 296 g/mol. The number of benzene rings is 1. The molecule has 0 aliphatic carbocycles. The lowest BCUT2D eigenvalue weighted by Gasteiger charge is -2.39. The third-order valence-electron chi connectivity index (χ3n) is 4.05. The highest BCUT2D eigenvalue weighted by Gasteiger charge is 2.27. The predicted molar refractivity (Wildman–Crippen MR) is 86.2 cm³/mol. The molecule has 0 spiro atoms. The summed E-state index contributed by atoms with van der Waals surface area (Å²) in [6.45, 7) is 5.11. The molecule has 22 heavy (non-hydrogen) atoms. The SMILES string of the molecule is CC(=O)c1ccc(N2C[C@H](c3ccccc3)OC[C@H]2C)nc1. The van der Waals surface area contributed by atoms with Gasteiger partial charge in [0.1, 0.15) is 11.9 Å². The Morgan fingerprint density at radius 1 is 1.23 bits per heavy atom. The topological polar surface area (TPSA) is 42.4 Å². The van der Waals surface area contributed by atoms with E-state index in [0.29, 0.717) is 12.2 Å². The third-order valence-corrected chi connectivity index (χ3v) is 4.05. The van der Waals surface area contributed by atoms with Crippen molar-refractivity contribution in [1.82, 2.24) is 4.98 Å². The molecule has 0 saturated carbocycles. The molecule has 1 fully saturated rings. The van der Waals surface area contributed by atoms with Gasteiger partial charge in [-0.2, -0.15) is 0 Å². The average molecular weight is 296 g/mol. The molecule has 0 amide bonds. The summed E-state index contributed by atoms with van der Waals surface area (Å²) >= 11 is 0. The summed E-state index contributed by atoms with van der Waals surface area (Å²) in [4.78, 5) is 18.1. The third kappa shape index (κ3) is 3.02. The van der Waals surface area contributed by atoms with Gasteiger partial charge in [-0.1, -0.05) is 30.3 Å². The molecular weight excluding hydrogens is 276 g/mol. The van der Waals surface area contributed by atoms with Gasteiger partial charge in [0.25, 0.3) is 0 Å². The fraction of sp³-hybridized carbons (Fsp3) is 0.333. The molecule has 3 rings (SSSR count). The highest BCUT2D eigenvalue weighted by Crippen LogP contribution is 2.27. The molecule has 0 N–H and O–H groups in total. The van der Waals surface area contributed by atoms with Crippen molar-refractivity contribution < 1.29 is 9.53 Å². The average Bonchev–Trinajstić information content (AvgIpc) is 2.56. The van der Waals surface area contributed by atoms with Crippen molar-refractivity contribution in [2.45, 2.75) is 26.0 Å². The standard InChI is InChI=1S/C18H20N2O2/c1-13-12-22-17(15-6-4-3-5-7-15)11-20(13)18-9-8-16(10-19-18)14(2)21/h3-10,13,17H,11-12H2,1-2H3/t13-,17-/m1/s1. The number of carbonyl (C=O) groups is 1. The molecule has 0 unspecified atom stereocenters. The van der Waals surface area contributed by atoms with E-state index < -0.39 is 0 Å². The van der Waals surface area contributed by atoms with Crippen LogP contribution in [0.2, 0.25) is 0 Å². The molecular formula is C18H20N2O2. The number of hydrogen-bond donors (Lipinski definition) is 0. The van der Waals surface area contributed by atoms with Crippen molar-refractivity contribution >= 4 is 11.6 Å². The van der Waals surface area contributed by atoms with Crippen molar-refractivity contribution in [2.75, 3.05) is 18.1 Å². The molecule has 1 aromatic heterocycles. The van der Waals surface area contributed by atoms with Gasteiger partial charge in [0.05, 0.1) is 19.2 Å². The number of morpholine rings is 1. The van der Waals surface area contributed by atoms with Gasteiger partial charge in [0, 0.05) is 11.8 Å². The molecule has 114 valence electrons. The van der Waals surface area contributed by atoms with Crippen LogP contribution in [0, 0.1) is 0 Å². The molecule has 4 nitrogen and oxygen atoms in total. The van der Waals surface area contributed by atoms with E-state index in [-0.39, 0.29) is 17.9 Å². The smallest absolute Gasteiger partial charge is 0.161 e. The minimum absolute atomic E-state index is 0.0382. The van der Waals surface area contributed by atoms with Gasteiger partial charge in [-0.25, -0.2) is 4.98 Å². The van der Waals surface area contributed by atoms with Crippen molar-refractivity contribution in [1.29, 1.82) is 0 Å². The quantitative estimate of drug-likeness (QED) is 0.815. The maximum atomic E-state index is 11.4. The van der Waals surface area contributed by atoms with Crippen LogP contribution in [-0.2, 0) is 4.74 Å². The lowest BCUT2D eigenvalue weighted by molar-refractivity contribution is 0.0212. The number of aromatic nitrogens is 1. The van der Waals surface area contributed by atoms with Gasteiger partial charge < -0.3 is 9.64 Å². The first-order valence-corrected chi connectivity index (χ1v) is 7.55. The number of carbonyl (C=O) groups excluding carboxylic acids is 1. The predicted octanol–water partition coefficient (Wildman–Crippen LogP) is 3.25. The largest absolute Gasteiger partial charge is 0.370 e. The van der Waals surface area contributed by atoms with Crippen LogP contribution in [0.15, 0.2) is 48.7 Å². The second-order valence-corrected chi connectivity index (χ2v) is 5.70. The number of rotatable bonds is 3. The van der Waals surface area contributed by atoms with Crippen molar-refractivity contribution in [3.8, 4) is 0 Å². The van der Waals surface area contributed by atoms with Crippen LogP contribution < -0.4 is 4.90 Å². The Kier molecular flexibility index (Phi) is 4.20. The minimum Gasteiger partial charge on any atom is -0.370 e. The molecule has 2 atom stereocenters. The Morgan fingerprint density at radius 3 is 2.64 bits per heavy atom. The van der Waals surface area contributed by atoms with Crippen LogP contribution in [0.3, 0.4) is 0 Å². The fourth-order valence-electron chi connectivity index (χ4n) is 2.71. The van der Waals surface area contributed by atoms with Gasteiger partial charge in [0.15, 0.2) is 5.78 Å². The Morgan fingerprint density at radius 2 is 2.00 bits per heavy atom. The molecule has 2 aromatic rings. The molecule has 1 saturated heterocycles. The summed E-state index contributed by atoms with van der Waals surface area (Å²) in [5, 5.41) is 0. The van der Waals surface area contributed by atoms with Crippen molar-refractivity contribution in [2.24, 2.45) is 0 Å². The number of anilines is 1. The highest BCUT2D eigenvalue weighted by molar-refractivity contribution is 5.93. The summed E-state index contributed by atoms with van der Waals surface area (Å²) in [7, 11) is 0. The molecule has 4 heteroatoms. The zero-order valence-electron chi connectivity index (χ0n) is 12.9. The number of nitrogens with zero attached hydrogens (tertiary/aromatic N) is 2. The zero-order valence-corrected chi connectivity index (χ0v) is 12.9. The number of pyridine rings is 1. The van der Waals surface area contributed by atoms with E-state index in [1.165, 1.54) is 5.56 Å². The van der Waals surface area contributed by atoms with Crippen LogP contribution in [0.1, 0.15) is 35.9 Å². The first-order valence-electron chi connectivity index (χ1n) is 7.55. The van der Waals surface area contributed by atoms with E-state index >= 15 is 0 Å². The maximum absolute atomic E-state index is 11.4. The minimum atomic E-state index is 0.0382. The van der Waals surface area contributed by atoms with E-state index in [9.17, 15) is 4.79 Å². The fourth-order valence-corrected chi connectivity index (χ4v) is 2.71. The van der Waals surface area contributed by atoms with Crippen LogP contribution in [0.5, 0.6) is 0 Å². The zero-order chi connectivity index (χ0) is 15.5. The Bertz CT molecular complexity index is 640. The van der Waals surface area contributed by atoms with Gasteiger partial charge >= 0.3 is 0 Å². The first-order chi connectivity index (χ1) is 10.6. The van der Waals surface area contributed by atoms with Crippen LogP contribution >= 0.6 is 0 Å². The number of ether oxygens (including phenoxy) is 1. The lowest BCUT2D eigenvalue weighted by Crippen LogP contribution is -2.45. The molecule has 1 aliphatic rings. The van der Waals surface area contributed by atoms with Crippen LogP contribution in [0.25, 0.3) is 0 Å². The lowest BCUT2D eigenvalue weighted by atomic mass is 10.1. The van der Waals surface area contributed by atoms with Crippen LogP contribution in [0.4, 0.5) is 5.82 Å². The maximum Gasteiger partial charge on any atom is 0.161 e. The van der Waals surface area contributed by atoms with E-state index in [1.54, 1.807) is 13.1 Å². The summed E-state index contributed by atoms with van der Waals surface area (Å²) in [6.07, 6.45) is 1.70. The van der Waals surface area contributed by atoms with Gasteiger partial charge in [0.2, 0.25) is 0 Å². The summed E-state index contributed by atoms with van der Waals surface area (Å²) in [6, 6.07) is 14.3. The Labute approximate surface area is 130 Å². The number of hydrogen-bond acceptors (Lipinski definition) is 4. The Hall–Kier alpha value is -2.20. The first kappa shape index (κ1) is 14.7. The summed E-state index contributed by atoms with van der Waals surface area (Å²) < 4.78 is 5.97. The molecule has 1 aromatic carbocycles. The van der Waals surface area contributed by atoms with Gasteiger partial charge in [-0.15, -0.1) is 0 Å². The number of Topliss-reactive ketones (excluding diaryl/α,β-unsaturated/α-hetero) is 1. The van der Waals surface area contributed by atoms with Gasteiger partial charge in [-0.05, 0) is 31.5 Å². The molecule has 2 heterocycles. The number of ketones is 1. The van der Waals surface area contributed by atoms with E-state index in [0.717, 1.165) is 12.4 Å². The second kappa shape index (κ2) is 6.28. The molecule has 1 aliphatic heterocycles. The summed E-state index contributed by atoms with van der Waals surface area (Å²) in [5.41, 5.74) is 1.82. The molecule has 0 radical (unpaired) electrons. The van der Waals surface area contributed by atoms with Gasteiger partial charge in [-0.3, -0.25) is 4.79 Å².